The van der Waals surface area contributed by atoms with Crippen LogP contribution in [0, 0.1) is 6.92 Å². The number of hydrogen-bond donors (Lipinski definition) is 2. The summed E-state index contributed by atoms with van der Waals surface area (Å²) in [6, 6.07) is 8.13. The molecule has 1 aromatic carbocycles. The Morgan fingerprint density at radius 1 is 1.18 bits per heavy atom. The van der Waals surface area contributed by atoms with Crippen LogP contribution in [0.3, 0.4) is 0 Å². The Bertz CT molecular complexity index is 887. The maximum atomic E-state index is 12.2. The van der Waals surface area contributed by atoms with Crippen LogP contribution in [0.2, 0.25) is 0 Å². The molecule has 0 atom stereocenters. The molecule has 9 heteroatoms. The Kier molecular flexibility index (Phi) is 8.25. The number of nitrogens with one attached hydrogen (secondary N) is 2. The van der Waals surface area contributed by atoms with E-state index in [-0.39, 0.29) is 5.75 Å². The lowest BCUT2D eigenvalue weighted by Crippen LogP contribution is -2.42. The molecule has 28 heavy (non-hydrogen) atoms. The van der Waals surface area contributed by atoms with Crippen LogP contribution in [0.15, 0.2) is 29.3 Å². The molecule has 1 aromatic heterocycles. The van der Waals surface area contributed by atoms with Gasteiger partial charge in [-0.2, -0.15) is 0 Å². The highest BCUT2D eigenvalue weighted by molar-refractivity contribution is 7.89. The quantitative estimate of drug-likeness (QED) is 0.354. The summed E-state index contributed by atoms with van der Waals surface area (Å²) in [5, 5.41) is 6.32. The molecule has 0 radical (unpaired) electrons. The Hall–Kier alpha value is -2.13. The molecule has 0 unspecified atom stereocenters. The number of para-hydroxylation sites is 2. The number of imidazole rings is 1. The van der Waals surface area contributed by atoms with Gasteiger partial charge >= 0.3 is 0 Å². The SMILES string of the molecule is CCN(CC)S(=O)(=O)CCNC(=NC)NCCCn1c(C)nc2ccccc21. The third kappa shape index (κ3) is 5.68. The fourth-order valence-corrected chi connectivity index (χ4v) is 4.59. The van der Waals surface area contributed by atoms with Crippen molar-refractivity contribution in [3.05, 3.63) is 30.1 Å². The summed E-state index contributed by atoms with van der Waals surface area (Å²) < 4.78 is 28.1. The molecule has 0 spiro atoms. The number of nitrogens with zero attached hydrogens (tertiary/aromatic N) is 4. The average Bonchev–Trinajstić information content (AvgIpc) is 2.99. The van der Waals surface area contributed by atoms with Gasteiger partial charge in [-0.05, 0) is 25.5 Å². The van der Waals surface area contributed by atoms with Crippen molar-refractivity contribution in [2.45, 2.75) is 33.7 Å². The van der Waals surface area contributed by atoms with Crippen molar-refractivity contribution < 1.29 is 8.42 Å². The predicted molar refractivity (Wildman–Crippen MR) is 115 cm³/mol. The van der Waals surface area contributed by atoms with Crippen LogP contribution in [-0.2, 0) is 16.6 Å². The van der Waals surface area contributed by atoms with E-state index in [2.05, 4.69) is 31.2 Å². The molecule has 2 aromatic rings. The van der Waals surface area contributed by atoms with E-state index in [1.165, 1.54) is 4.31 Å². The molecule has 0 saturated heterocycles. The summed E-state index contributed by atoms with van der Waals surface area (Å²) >= 11 is 0. The zero-order valence-electron chi connectivity index (χ0n) is 17.3. The second-order valence-corrected chi connectivity index (χ2v) is 8.57. The molecular formula is C19H32N6O2S. The fourth-order valence-electron chi connectivity index (χ4n) is 3.19. The monoisotopic (exact) mass is 408 g/mol. The maximum Gasteiger partial charge on any atom is 0.215 e. The van der Waals surface area contributed by atoms with Gasteiger partial charge in [0.05, 0.1) is 16.8 Å². The Morgan fingerprint density at radius 2 is 1.86 bits per heavy atom. The number of aryl methyl sites for hydroxylation is 2. The minimum absolute atomic E-state index is 0.0512. The number of fused-ring (bicyclic) bond motifs is 1. The van der Waals surface area contributed by atoms with Gasteiger partial charge in [-0.15, -0.1) is 0 Å². The highest BCUT2D eigenvalue weighted by atomic mass is 32.2. The standard InChI is InChI=1S/C19H32N6O2S/c1-5-24(6-2)28(26,27)15-13-22-19(20-4)21-12-9-14-25-16(3)23-17-10-7-8-11-18(17)25/h7-8,10-11H,5-6,9,12-15H2,1-4H3,(H2,20,21,22). The van der Waals surface area contributed by atoms with E-state index in [0.29, 0.717) is 25.6 Å². The number of sulfonamides is 1. The summed E-state index contributed by atoms with van der Waals surface area (Å²) in [7, 11) is -1.55. The molecule has 0 aliphatic rings. The molecule has 0 amide bonds. The Labute approximate surface area is 168 Å². The lowest BCUT2D eigenvalue weighted by molar-refractivity contribution is 0.445. The van der Waals surface area contributed by atoms with Crippen LogP contribution in [0.1, 0.15) is 26.1 Å². The molecule has 0 bridgehead atoms. The summed E-state index contributed by atoms with van der Waals surface area (Å²) in [5.41, 5.74) is 2.16. The van der Waals surface area contributed by atoms with Crippen molar-refractivity contribution in [2.75, 3.05) is 39.0 Å². The van der Waals surface area contributed by atoms with Crippen molar-refractivity contribution in [3.8, 4) is 0 Å². The van der Waals surface area contributed by atoms with Crippen LogP contribution in [-0.4, -0.2) is 67.2 Å². The molecule has 0 aliphatic carbocycles. The molecule has 0 fully saturated rings. The second-order valence-electron chi connectivity index (χ2n) is 6.48. The van der Waals surface area contributed by atoms with Gasteiger partial charge in [-0.3, -0.25) is 4.99 Å². The predicted octanol–water partition coefficient (Wildman–Crippen LogP) is 1.57. The summed E-state index contributed by atoms with van der Waals surface area (Å²) in [5.74, 6) is 1.67. The van der Waals surface area contributed by atoms with E-state index < -0.39 is 10.0 Å². The number of guanidine groups is 1. The van der Waals surface area contributed by atoms with Crippen LogP contribution < -0.4 is 10.6 Å². The Morgan fingerprint density at radius 3 is 2.54 bits per heavy atom. The van der Waals surface area contributed by atoms with Crippen molar-refractivity contribution in [3.63, 3.8) is 0 Å². The van der Waals surface area contributed by atoms with Gasteiger partial charge in [0.25, 0.3) is 0 Å². The normalized spacial score (nSPS) is 12.7. The first-order valence-electron chi connectivity index (χ1n) is 9.77. The lowest BCUT2D eigenvalue weighted by Gasteiger charge is -2.19. The van der Waals surface area contributed by atoms with Gasteiger partial charge in [0.15, 0.2) is 5.96 Å². The second kappa shape index (κ2) is 10.4. The van der Waals surface area contributed by atoms with Gasteiger partial charge in [0.1, 0.15) is 5.82 Å². The molecule has 2 N–H and O–H groups in total. The highest BCUT2D eigenvalue weighted by Crippen LogP contribution is 2.15. The maximum absolute atomic E-state index is 12.2. The summed E-state index contributed by atoms with van der Waals surface area (Å²) in [6.45, 7) is 8.61. The lowest BCUT2D eigenvalue weighted by atomic mass is 10.3. The van der Waals surface area contributed by atoms with E-state index in [4.69, 9.17) is 0 Å². The zero-order valence-corrected chi connectivity index (χ0v) is 18.1. The van der Waals surface area contributed by atoms with Crippen LogP contribution >= 0.6 is 0 Å². The minimum Gasteiger partial charge on any atom is -0.356 e. The third-order valence-electron chi connectivity index (χ3n) is 4.67. The first-order valence-corrected chi connectivity index (χ1v) is 11.4. The van der Waals surface area contributed by atoms with Crippen LogP contribution in [0.5, 0.6) is 0 Å². The topological polar surface area (TPSA) is 91.6 Å². The van der Waals surface area contributed by atoms with Crippen molar-refractivity contribution in [1.82, 2.24) is 24.5 Å². The summed E-state index contributed by atoms with van der Waals surface area (Å²) in [6.07, 6.45) is 0.902. The zero-order chi connectivity index (χ0) is 20.6. The Balaban J connectivity index is 1.77. The smallest absolute Gasteiger partial charge is 0.215 e. The van der Waals surface area contributed by atoms with Crippen molar-refractivity contribution in [2.24, 2.45) is 4.99 Å². The molecule has 156 valence electrons. The first kappa shape index (κ1) is 22.2. The summed E-state index contributed by atoms with van der Waals surface area (Å²) in [4.78, 5) is 8.74. The van der Waals surface area contributed by atoms with Crippen molar-refractivity contribution in [1.29, 1.82) is 0 Å². The fraction of sp³-hybridized carbons (Fsp3) is 0.579. The molecule has 8 nitrogen and oxygen atoms in total. The minimum atomic E-state index is -3.23. The molecular weight excluding hydrogens is 376 g/mol. The highest BCUT2D eigenvalue weighted by Gasteiger charge is 2.18. The average molecular weight is 409 g/mol. The number of aromatic nitrogens is 2. The van der Waals surface area contributed by atoms with Gasteiger partial charge in [-0.1, -0.05) is 26.0 Å². The van der Waals surface area contributed by atoms with Crippen LogP contribution in [0.4, 0.5) is 0 Å². The number of aliphatic imine (C=N–C) groups is 1. The largest absolute Gasteiger partial charge is 0.356 e. The van der Waals surface area contributed by atoms with E-state index in [1.807, 2.05) is 39.0 Å². The van der Waals surface area contributed by atoms with E-state index >= 15 is 0 Å². The van der Waals surface area contributed by atoms with E-state index in [9.17, 15) is 8.42 Å². The third-order valence-corrected chi connectivity index (χ3v) is 6.69. The molecule has 2 rings (SSSR count). The van der Waals surface area contributed by atoms with Crippen molar-refractivity contribution >= 4 is 27.0 Å². The van der Waals surface area contributed by atoms with E-state index in [1.54, 1.807) is 7.05 Å². The molecule has 0 aliphatic heterocycles. The first-order chi connectivity index (χ1) is 13.4. The number of rotatable bonds is 10. The number of hydrogen-bond acceptors (Lipinski definition) is 4. The number of benzene rings is 1. The van der Waals surface area contributed by atoms with Gasteiger partial charge in [0, 0.05) is 39.8 Å². The van der Waals surface area contributed by atoms with E-state index in [0.717, 1.165) is 36.4 Å². The molecule has 1 heterocycles. The van der Waals surface area contributed by atoms with Gasteiger partial charge < -0.3 is 15.2 Å². The van der Waals surface area contributed by atoms with Crippen LogP contribution in [0.25, 0.3) is 11.0 Å². The van der Waals surface area contributed by atoms with Gasteiger partial charge in [0.2, 0.25) is 10.0 Å². The molecule has 0 saturated carbocycles. The van der Waals surface area contributed by atoms with Gasteiger partial charge in [-0.25, -0.2) is 17.7 Å².